The first-order valence-electron chi connectivity index (χ1n) is 22.1. The smallest absolute Gasteiger partial charge is 0.306 e. The molecule has 0 aromatic carbocycles. The molecule has 1 saturated heterocycles. The van der Waals surface area contributed by atoms with Gasteiger partial charge in [-0.1, -0.05) is 126 Å². The zero-order valence-electron chi connectivity index (χ0n) is 36.5. The Balaban J connectivity index is 2.34. The van der Waals surface area contributed by atoms with Crippen LogP contribution in [-0.4, -0.2) is 82.2 Å². The van der Waals surface area contributed by atoms with Gasteiger partial charge in [0, 0.05) is 12.8 Å². The van der Waals surface area contributed by atoms with Gasteiger partial charge in [0.15, 0.2) is 6.10 Å². The topological polar surface area (TPSA) is 124 Å². The molecule has 0 amide bonds. The summed E-state index contributed by atoms with van der Waals surface area (Å²) in [6.45, 7) is 4.06. The summed E-state index contributed by atoms with van der Waals surface area (Å²) in [7, 11) is 1.11. The van der Waals surface area contributed by atoms with E-state index in [2.05, 4.69) is 68.5 Å². The number of rotatable bonds is 38. The van der Waals surface area contributed by atoms with Crippen LogP contribution < -0.4 is 4.89 Å². The average molecular weight is 822 g/mol. The molecule has 0 saturated carbocycles. The standard InChI is InChI=1S/C46H80NO9P/c1-6-8-10-11-12-13-14-15-16-17-18-22-25-28-32-36-45(48)52-40-42(41-54-57(50,51)53-39-38-47(3,4)5)55-46(49)37-33-29-26-23-20-19-21-24-27-31-35-44-43(56-44)34-30-9-7-2/h12-13,15-16,19,21,23,26-27,31,42-44H,6-11,14,17-18,20,22,24-25,28-30,32-41H2,1-5H3/b13-12-,16-15-,21-19-,26-23-,31-27-/t42-,43?,44?/m1/s1. The van der Waals surface area contributed by atoms with E-state index >= 15 is 0 Å². The van der Waals surface area contributed by atoms with Crippen molar-refractivity contribution in [3.05, 3.63) is 60.8 Å². The minimum absolute atomic E-state index is 0.0481. The Labute approximate surface area is 347 Å². The molecule has 0 aromatic rings. The van der Waals surface area contributed by atoms with Crippen LogP contribution in [0.4, 0.5) is 0 Å². The molecule has 3 unspecified atom stereocenters. The van der Waals surface area contributed by atoms with Gasteiger partial charge in [-0.3, -0.25) is 14.2 Å². The van der Waals surface area contributed by atoms with Crippen molar-refractivity contribution in [1.29, 1.82) is 0 Å². The fourth-order valence-corrected chi connectivity index (χ4v) is 6.56. The summed E-state index contributed by atoms with van der Waals surface area (Å²) >= 11 is 0. The lowest BCUT2D eigenvalue weighted by Crippen LogP contribution is -2.37. The van der Waals surface area contributed by atoms with Gasteiger partial charge in [0.1, 0.15) is 19.8 Å². The fourth-order valence-electron chi connectivity index (χ4n) is 5.83. The van der Waals surface area contributed by atoms with E-state index in [1.807, 2.05) is 27.2 Å². The van der Waals surface area contributed by atoms with Crippen molar-refractivity contribution in [2.45, 2.75) is 173 Å². The number of hydrogen-bond donors (Lipinski definition) is 0. The van der Waals surface area contributed by atoms with Crippen LogP contribution in [0.5, 0.6) is 0 Å². The second-order valence-corrected chi connectivity index (χ2v) is 17.5. The zero-order chi connectivity index (χ0) is 41.9. The number of unbranched alkanes of at least 4 members (excludes halogenated alkanes) is 11. The quantitative estimate of drug-likeness (QED) is 0.0149. The molecular formula is C46H80NO9P. The fraction of sp³-hybridized carbons (Fsp3) is 0.739. The third-order valence-corrected chi connectivity index (χ3v) is 10.4. The van der Waals surface area contributed by atoms with Crippen molar-refractivity contribution < 1.29 is 46.8 Å². The third kappa shape index (κ3) is 35.3. The number of carbonyl (C=O) groups is 2. The van der Waals surface area contributed by atoms with Gasteiger partial charge >= 0.3 is 11.9 Å². The highest BCUT2D eigenvalue weighted by Gasteiger charge is 2.36. The van der Waals surface area contributed by atoms with E-state index in [0.29, 0.717) is 42.5 Å². The molecule has 57 heavy (non-hydrogen) atoms. The number of carbonyl (C=O) groups excluding carboxylic acids is 2. The lowest BCUT2D eigenvalue weighted by Gasteiger charge is -2.28. The van der Waals surface area contributed by atoms with Gasteiger partial charge in [0.25, 0.3) is 7.82 Å². The van der Waals surface area contributed by atoms with Crippen molar-refractivity contribution in [3.8, 4) is 0 Å². The monoisotopic (exact) mass is 822 g/mol. The van der Waals surface area contributed by atoms with Crippen LogP contribution in [0.3, 0.4) is 0 Å². The Bertz CT molecular complexity index is 1220. The van der Waals surface area contributed by atoms with Gasteiger partial charge in [0.2, 0.25) is 0 Å². The van der Waals surface area contributed by atoms with E-state index < -0.39 is 32.5 Å². The number of ether oxygens (including phenoxy) is 3. The average Bonchev–Trinajstić information content (AvgIpc) is 3.91. The van der Waals surface area contributed by atoms with Crippen molar-refractivity contribution >= 4 is 19.8 Å². The number of esters is 2. The van der Waals surface area contributed by atoms with Crippen LogP contribution in [0.2, 0.25) is 0 Å². The SMILES string of the molecule is CCCCC/C=C\C/C=C\CCCCCCCC(=O)OC[C@H](COP(=O)([O-])OCC[N+](C)(C)C)OC(=O)CCC/C=C\C/C=C\C/C=C\CC1OC1CCCCC. The predicted octanol–water partition coefficient (Wildman–Crippen LogP) is 10.8. The van der Waals surface area contributed by atoms with E-state index in [9.17, 15) is 19.0 Å². The lowest BCUT2D eigenvalue weighted by molar-refractivity contribution is -0.870. The van der Waals surface area contributed by atoms with Crippen molar-refractivity contribution in [2.24, 2.45) is 0 Å². The summed E-state index contributed by atoms with van der Waals surface area (Å²) in [4.78, 5) is 37.5. The Morgan fingerprint density at radius 1 is 0.649 bits per heavy atom. The highest BCUT2D eigenvalue weighted by atomic mass is 31.2. The van der Waals surface area contributed by atoms with Crippen molar-refractivity contribution in [3.63, 3.8) is 0 Å². The Kier molecular flexibility index (Phi) is 31.9. The van der Waals surface area contributed by atoms with Crippen LogP contribution >= 0.6 is 7.82 Å². The van der Waals surface area contributed by atoms with Crippen LogP contribution in [-0.2, 0) is 37.4 Å². The van der Waals surface area contributed by atoms with E-state index in [1.54, 1.807) is 0 Å². The lowest BCUT2D eigenvalue weighted by atomic mass is 10.1. The molecule has 0 bridgehead atoms. The first-order valence-corrected chi connectivity index (χ1v) is 23.6. The van der Waals surface area contributed by atoms with Crippen LogP contribution in [0.1, 0.15) is 155 Å². The Hall–Kier alpha value is -2.33. The van der Waals surface area contributed by atoms with Crippen LogP contribution in [0.15, 0.2) is 60.8 Å². The van der Waals surface area contributed by atoms with Gasteiger partial charge in [-0.25, -0.2) is 0 Å². The first-order chi connectivity index (χ1) is 27.5. The predicted molar refractivity (Wildman–Crippen MR) is 231 cm³/mol. The minimum Gasteiger partial charge on any atom is -0.756 e. The number of epoxide rings is 1. The Morgan fingerprint density at radius 2 is 1.19 bits per heavy atom. The van der Waals surface area contributed by atoms with Gasteiger partial charge in [-0.05, 0) is 77.0 Å². The number of phosphoric ester groups is 1. The number of hydrogen-bond acceptors (Lipinski definition) is 9. The summed E-state index contributed by atoms with van der Waals surface area (Å²) in [5, 5.41) is 0. The summed E-state index contributed by atoms with van der Waals surface area (Å²) in [5.74, 6) is -0.926. The molecule has 0 spiro atoms. The number of phosphoric acid groups is 1. The summed E-state index contributed by atoms with van der Waals surface area (Å²) < 4.78 is 39.5. The summed E-state index contributed by atoms with van der Waals surface area (Å²) in [6.07, 6.45) is 42.8. The molecule has 10 nitrogen and oxygen atoms in total. The Morgan fingerprint density at radius 3 is 1.84 bits per heavy atom. The molecule has 1 aliphatic heterocycles. The van der Waals surface area contributed by atoms with Crippen molar-refractivity contribution in [2.75, 3.05) is 47.5 Å². The molecule has 1 fully saturated rings. The van der Waals surface area contributed by atoms with Crippen molar-refractivity contribution in [1.82, 2.24) is 0 Å². The minimum atomic E-state index is -4.65. The van der Waals surface area contributed by atoms with E-state index in [4.69, 9.17) is 23.3 Å². The molecule has 0 aromatic heterocycles. The number of nitrogens with zero attached hydrogens (tertiary/aromatic N) is 1. The maximum Gasteiger partial charge on any atom is 0.306 e. The summed E-state index contributed by atoms with van der Waals surface area (Å²) in [5.41, 5.74) is 0. The largest absolute Gasteiger partial charge is 0.756 e. The highest BCUT2D eigenvalue weighted by molar-refractivity contribution is 7.45. The molecule has 0 aliphatic carbocycles. The maximum atomic E-state index is 12.7. The van der Waals surface area contributed by atoms with Crippen LogP contribution in [0, 0.1) is 0 Å². The molecule has 1 heterocycles. The zero-order valence-corrected chi connectivity index (χ0v) is 37.4. The van der Waals surface area contributed by atoms with E-state index in [-0.39, 0.29) is 26.1 Å². The van der Waals surface area contributed by atoms with E-state index in [0.717, 1.165) is 57.8 Å². The third-order valence-electron chi connectivity index (χ3n) is 9.43. The molecule has 1 aliphatic rings. The molecule has 11 heteroatoms. The number of allylic oxidation sites excluding steroid dienone is 9. The highest BCUT2D eigenvalue weighted by Crippen LogP contribution is 2.38. The number of quaternary nitrogens is 1. The van der Waals surface area contributed by atoms with Gasteiger partial charge in [-0.15, -0.1) is 0 Å². The first kappa shape index (κ1) is 52.7. The molecule has 1 rings (SSSR count). The second kappa shape index (κ2) is 34.5. The van der Waals surface area contributed by atoms with Crippen LogP contribution in [0.25, 0.3) is 0 Å². The molecule has 4 atom stereocenters. The molecule has 0 radical (unpaired) electrons. The van der Waals surface area contributed by atoms with E-state index in [1.165, 1.54) is 51.4 Å². The van der Waals surface area contributed by atoms with Gasteiger partial charge < -0.3 is 32.6 Å². The molecule has 0 N–H and O–H groups in total. The maximum absolute atomic E-state index is 12.7. The molecule has 328 valence electrons. The second-order valence-electron chi connectivity index (χ2n) is 16.1. The van der Waals surface area contributed by atoms with Gasteiger partial charge in [0.05, 0.1) is 40.0 Å². The summed E-state index contributed by atoms with van der Waals surface area (Å²) in [6, 6.07) is 0. The normalized spacial score (nSPS) is 17.7. The number of likely N-dealkylation sites (N-methyl/N-ethyl adjacent to an activating group) is 1. The molecular weight excluding hydrogens is 741 g/mol. The van der Waals surface area contributed by atoms with Gasteiger partial charge in [-0.2, -0.15) is 0 Å².